The molecule has 1 aromatic heterocycles. The van der Waals surface area contributed by atoms with E-state index in [9.17, 15) is 0 Å². The number of aliphatic imine (C=N–C) groups is 1. The molecule has 3 rings (SSSR count). The third kappa shape index (κ3) is 5.42. The van der Waals surface area contributed by atoms with Crippen LogP contribution in [-0.4, -0.2) is 48.3 Å². The predicted octanol–water partition coefficient (Wildman–Crippen LogP) is 3.21. The van der Waals surface area contributed by atoms with Crippen LogP contribution in [0.15, 0.2) is 27.8 Å². The van der Waals surface area contributed by atoms with Gasteiger partial charge in [-0.05, 0) is 50.5 Å². The number of guanidine groups is 1. The Morgan fingerprint density at radius 2 is 2.44 bits per heavy atom. The van der Waals surface area contributed by atoms with Crippen molar-refractivity contribution in [3.8, 4) is 0 Å². The average Bonchev–Trinajstić information content (AvgIpc) is 3.27. The van der Waals surface area contributed by atoms with Crippen LogP contribution >= 0.6 is 11.8 Å². The topological polar surface area (TPSA) is 58.8 Å². The van der Waals surface area contributed by atoms with Crippen LogP contribution in [0.3, 0.4) is 0 Å². The predicted molar refractivity (Wildman–Crippen MR) is 104 cm³/mol. The first-order valence-corrected chi connectivity index (χ1v) is 10.7. The summed E-state index contributed by atoms with van der Waals surface area (Å²) in [5.74, 6) is 4.27. The van der Waals surface area contributed by atoms with Gasteiger partial charge in [0.15, 0.2) is 5.96 Å². The zero-order chi connectivity index (χ0) is 17.5. The minimum absolute atomic E-state index is 0.0935. The molecule has 3 unspecified atom stereocenters. The van der Waals surface area contributed by atoms with E-state index in [0.717, 1.165) is 56.3 Å². The first kappa shape index (κ1) is 18.6. The van der Waals surface area contributed by atoms with Gasteiger partial charge in [0.2, 0.25) is 0 Å². The summed E-state index contributed by atoms with van der Waals surface area (Å²) >= 11 is 2.02. The molecule has 2 fully saturated rings. The summed E-state index contributed by atoms with van der Waals surface area (Å²) < 4.78 is 11.5. The molecule has 1 aromatic rings. The van der Waals surface area contributed by atoms with Crippen LogP contribution in [0.5, 0.6) is 0 Å². The molecule has 1 spiro atoms. The van der Waals surface area contributed by atoms with Gasteiger partial charge in [-0.1, -0.05) is 6.92 Å². The number of thioether (sulfide) groups is 1. The summed E-state index contributed by atoms with van der Waals surface area (Å²) in [6.07, 6.45) is 6.93. The van der Waals surface area contributed by atoms with Crippen LogP contribution in [0.1, 0.15) is 45.3 Å². The summed E-state index contributed by atoms with van der Waals surface area (Å²) in [5.41, 5.74) is 0.0935. The lowest BCUT2D eigenvalue weighted by atomic mass is 9.90. The largest absolute Gasteiger partial charge is 0.469 e. The lowest BCUT2D eigenvalue weighted by Gasteiger charge is -2.38. The Morgan fingerprint density at radius 3 is 3.16 bits per heavy atom. The third-order valence-electron chi connectivity index (χ3n) is 5.10. The highest BCUT2D eigenvalue weighted by atomic mass is 32.2. The highest BCUT2D eigenvalue weighted by Crippen LogP contribution is 2.38. The van der Waals surface area contributed by atoms with Crippen LogP contribution in [0.4, 0.5) is 0 Å². The van der Waals surface area contributed by atoms with Crippen molar-refractivity contribution in [2.45, 2.75) is 63.6 Å². The fourth-order valence-electron chi connectivity index (χ4n) is 3.41. The van der Waals surface area contributed by atoms with Crippen molar-refractivity contribution < 1.29 is 9.15 Å². The Morgan fingerprint density at radius 1 is 1.52 bits per heavy atom. The van der Waals surface area contributed by atoms with Gasteiger partial charge in [0.05, 0.1) is 11.9 Å². The molecule has 6 heteroatoms. The molecule has 25 heavy (non-hydrogen) atoms. The zero-order valence-electron chi connectivity index (χ0n) is 15.4. The number of rotatable bonds is 6. The number of nitrogens with zero attached hydrogens (tertiary/aromatic N) is 1. The molecular weight excluding hydrogens is 334 g/mol. The van der Waals surface area contributed by atoms with E-state index in [-0.39, 0.29) is 5.60 Å². The third-order valence-corrected chi connectivity index (χ3v) is 6.33. The number of ether oxygens (including phenoxy) is 1. The van der Waals surface area contributed by atoms with E-state index in [4.69, 9.17) is 14.1 Å². The second-order valence-corrected chi connectivity index (χ2v) is 8.29. The summed E-state index contributed by atoms with van der Waals surface area (Å²) in [6, 6.07) is 4.78. The maximum absolute atomic E-state index is 6.14. The quantitative estimate of drug-likeness (QED) is 0.599. The van der Waals surface area contributed by atoms with E-state index in [1.807, 2.05) is 23.9 Å². The summed E-state index contributed by atoms with van der Waals surface area (Å²) in [6.45, 7) is 5.96. The van der Waals surface area contributed by atoms with Gasteiger partial charge in [0.1, 0.15) is 5.76 Å². The first-order chi connectivity index (χ1) is 12.2. The first-order valence-electron chi connectivity index (χ1n) is 9.51. The zero-order valence-corrected chi connectivity index (χ0v) is 16.2. The summed E-state index contributed by atoms with van der Waals surface area (Å²) in [7, 11) is 0. The minimum atomic E-state index is 0.0935. The van der Waals surface area contributed by atoms with Gasteiger partial charge in [-0.3, -0.25) is 4.99 Å². The monoisotopic (exact) mass is 365 g/mol. The van der Waals surface area contributed by atoms with Crippen LogP contribution in [0.25, 0.3) is 0 Å². The Balaban J connectivity index is 1.58. The van der Waals surface area contributed by atoms with Crippen molar-refractivity contribution in [3.63, 3.8) is 0 Å². The number of furan rings is 1. The number of nitrogens with one attached hydrogen (secondary N) is 2. The molecule has 140 valence electrons. The summed E-state index contributed by atoms with van der Waals surface area (Å²) in [4.78, 5) is 4.78. The molecule has 2 N–H and O–H groups in total. The van der Waals surface area contributed by atoms with E-state index in [1.165, 1.54) is 12.2 Å². The van der Waals surface area contributed by atoms with Crippen molar-refractivity contribution in [1.29, 1.82) is 0 Å². The fourth-order valence-corrected chi connectivity index (χ4v) is 4.79. The molecule has 0 aliphatic carbocycles. The molecule has 3 heterocycles. The van der Waals surface area contributed by atoms with E-state index in [2.05, 4.69) is 24.5 Å². The molecule has 2 saturated heterocycles. The Bertz CT molecular complexity index is 541. The second-order valence-electron chi connectivity index (χ2n) is 7.18. The smallest absolute Gasteiger partial charge is 0.191 e. The molecule has 0 bridgehead atoms. The molecule has 0 aromatic carbocycles. The van der Waals surface area contributed by atoms with E-state index < -0.39 is 0 Å². The van der Waals surface area contributed by atoms with E-state index in [1.54, 1.807) is 6.26 Å². The Kier molecular flexibility index (Phi) is 6.70. The molecule has 3 atom stereocenters. The molecule has 0 saturated carbocycles. The van der Waals surface area contributed by atoms with Crippen LogP contribution in [0, 0.1) is 0 Å². The van der Waals surface area contributed by atoms with Crippen molar-refractivity contribution in [2.24, 2.45) is 4.99 Å². The lowest BCUT2D eigenvalue weighted by molar-refractivity contribution is -0.0679. The second kappa shape index (κ2) is 8.99. The molecule has 0 radical (unpaired) electrons. The van der Waals surface area contributed by atoms with Crippen LogP contribution in [0.2, 0.25) is 0 Å². The van der Waals surface area contributed by atoms with Crippen LogP contribution in [-0.2, 0) is 11.2 Å². The molecule has 2 aliphatic heterocycles. The maximum atomic E-state index is 6.14. The normalized spacial score (nSPS) is 28.2. The Hall–Kier alpha value is -1.14. The van der Waals surface area contributed by atoms with Gasteiger partial charge in [0, 0.05) is 37.4 Å². The molecule has 2 aliphatic rings. The van der Waals surface area contributed by atoms with Gasteiger partial charge in [-0.2, -0.15) is 11.8 Å². The highest BCUT2D eigenvalue weighted by molar-refractivity contribution is 7.99. The molecule has 0 amide bonds. The Labute approximate surface area is 155 Å². The van der Waals surface area contributed by atoms with Crippen LogP contribution < -0.4 is 10.6 Å². The lowest BCUT2D eigenvalue weighted by Crippen LogP contribution is -2.52. The molecule has 5 nitrogen and oxygen atoms in total. The highest BCUT2D eigenvalue weighted by Gasteiger charge is 2.40. The van der Waals surface area contributed by atoms with Gasteiger partial charge in [-0.15, -0.1) is 0 Å². The standard InChI is InChI=1S/C19H31N3O2S/c1-3-15(2)21-18(20-9-6-17-5-4-10-23-17)22-16-7-11-24-19(13-16)8-12-25-14-19/h4-5,10,15-16H,3,6-9,11-14H2,1-2H3,(H2,20,21,22). The number of hydrogen-bond donors (Lipinski definition) is 2. The van der Waals surface area contributed by atoms with Gasteiger partial charge < -0.3 is 19.8 Å². The maximum Gasteiger partial charge on any atom is 0.191 e. The van der Waals surface area contributed by atoms with Crippen molar-refractivity contribution >= 4 is 17.7 Å². The molecular formula is C19H31N3O2S. The van der Waals surface area contributed by atoms with Crippen molar-refractivity contribution in [1.82, 2.24) is 10.6 Å². The number of hydrogen-bond acceptors (Lipinski definition) is 4. The minimum Gasteiger partial charge on any atom is -0.469 e. The van der Waals surface area contributed by atoms with Gasteiger partial charge in [-0.25, -0.2) is 0 Å². The van der Waals surface area contributed by atoms with Gasteiger partial charge >= 0.3 is 0 Å². The van der Waals surface area contributed by atoms with Crippen molar-refractivity contribution in [2.75, 3.05) is 24.7 Å². The summed E-state index contributed by atoms with van der Waals surface area (Å²) in [5, 5.41) is 7.21. The van der Waals surface area contributed by atoms with Gasteiger partial charge in [0.25, 0.3) is 0 Å². The fraction of sp³-hybridized carbons (Fsp3) is 0.737. The van der Waals surface area contributed by atoms with Crippen molar-refractivity contribution in [3.05, 3.63) is 24.2 Å². The van der Waals surface area contributed by atoms with E-state index in [0.29, 0.717) is 12.1 Å². The van der Waals surface area contributed by atoms with E-state index >= 15 is 0 Å². The SMILES string of the molecule is CCC(C)NC(=NCCc1ccco1)NC1CCOC2(CCSC2)C1. The average molecular weight is 366 g/mol.